The number of carbonyl (C=O) groups is 1. The zero-order chi connectivity index (χ0) is 19.3. The van der Waals surface area contributed by atoms with E-state index in [0.717, 1.165) is 5.56 Å². The van der Waals surface area contributed by atoms with Crippen molar-refractivity contribution in [2.45, 2.75) is 19.9 Å². The Labute approximate surface area is 152 Å². The number of nitrogens with one attached hydrogen (secondary N) is 1. The first kappa shape index (κ1) is 17.2. The molecule has 0 atom stereocenters. The van der Waals surface area contributed by atoms with E-state index in [1.807, 2.05) is 6.92 Å². The third kappa shape index (κ3) is 2.40. The first-order valence-corrected chi connectivity index (χ1v) is 8.43. The summed E-state index contributed by atoms with van der Waals surface area (Å²) in [5.41, 5.74) is -0.139. The Morgan fingerprint density at radius 2 is 1.85 bits per heavy atom. The van der Waals surface area contributed by atoms with E-state index in [-0.39, 0.29) is 22.5 Å². The lowest BCUT2D eigenvalue weighted by molar-refractivity contribution is 0.104. The monoisotopic (exact) mass is 369 g/mol. The average Bonchev–Trinajstić information content (AvgIpc) is 3.02. The van der Waals surface area contributed by atoms with Gasteiger partial charge in [-0.1, -0.05) is 29.8 Å². The first-order chi connectivity index (χ1) is 13.0. The van der Waals surface area contributed by atoms with E-state index in [0.29, 0.717) is 19.5 Å². The van der Waals surface area contributed by atoms with Gasteiger partial charge in [0, 0.05) is 18.7 Å². The van der Waals surface area contributed by atoms with E-state index >= 15 is 0 Å². The number of fused-ring (bicyclic) bond motifs is 3. The second-order valence-electron chi connectivity index (χ2n) is 6.50. The SMILES string of the molecule is Cc1ccc(C(=O)c2c3n(c4c(F)c(C#N)c(F)c(F)c24)CCCN3)cc1. The van der Waals surface area contributed by atoms with E-state index in [1.54, 1.807) is 24.3 Å². The number of halogens is 3. The van der Waals surface area contributed by atoms with Crippen LogP contribution in [0, 0.1) is 35.7 Å². The van der Waals surface area contributed by atoms with Crippen LogP contribution >= 0.6 is 0 Å². The molecule has 4 rings (SSSR count). The van der Waals surface area contributed by atoms with Crippen molar-refractivity contribution in [3.8, 4) is 6.07 Å². The number of nitriles is 1. The lowest BCUT2D eigenvalue weighted by Gasteiger charge is -2.19. The van der Waals surface area contributed by atoms with Gasteiger partial charge in [-0.05, 0) is 13.3 Å². The number of hydrogen-bond acceptors (Lipinski definition) is 3. The maximum atomic E-state index is 14.8. The fourth-order valence-electron chi connectivity index (χ4n) is 3.51. The highest BCUT2D eigenvalue weighted by Crippen LogP contribution is 2.39. The van der Waals surface area contributed by atoms with Crippen molar-refractivity contribution in [1.29, 1.82) is 5.26 Å². The van der Waals surface area contributed by atoms with Gasteiger partial charge in [-0.15, -0.1) is 0 Å². The Morgan fingerprint density at radius 1 is 1.15 bits per heavy atom. The summed E-state index contributed by atoms with van der Waals surface area (Å²) in [6.07, 6.45) is 0.620. The van der Waals surface area contributed by atoms with Gasteiger partial charge in [-0.3, -0.25) is 4.79 Å². The Morgan fingerprint density at radius 3 is 2.52 bits per heavy atom. The highest BCUT2D eigenvalue weighted by atomic mass is 19.2. The van der Waals surface area contributed by atoms with Gasteiger partial charge < -0.3 is 9.88 Å². The molecule has 1 aliphatic heterocycles. The first-order valence-electron chi connectivity index (χ1n) is 8.43. The Hall–Kier alpha value is -3.27. The van der Waals surface area contributed by atoms with Crippen LogP contribution in [0.25, 0.3) is 10.9 Å². The second-order valence-corrected chi connectivity index (χ2v) is 6.50. The van der Waals surface area contributed by atoms with Crippen LogP contribution in [0.15, 0.2) is 24.3 Å². The average molecular weight is 369 g/mol. The third-order valence-electron chi connectivity index (χ3n) is 4.83. The molecule has 136 valence electrons. The molecule has 0 saturated carbocycles. The zero-order valence-corrected chi connectivity index (χ0v) is 14.4. The highest BCUT2D eigenvalue weighted by Gasteiger charge is 2.33. The second kappa shape index (κ2) is 6.16. The molecule has 0 fully saturated rings. The number of aromatic nitrogens is 1. The zero-order valence-electron chi connectivity index (χ0n) is 14.4. The van der Waals surface area contributed by atoms with Gasteiger partial charge in [-0.25, -0.2) is 13.2 Å². The minimum absolute atomic E-state index is 0.117. The number of anilines is 1. The molecule has 3 aromatic rings. The van der Waals surface area contributed by atoms with Crippen LogP contribution in [0.4, 0.5) is 19.0 Å². The molecular formula is C20H14F3N3O. The number of hydrogen-bond donors (Lipinski definition) is 1. The lowest BCUT2D eigenvalue weighted by Crippen LogP contribution is -2.19. The van der Waals surface area contributed by atoms with Gasteiger partial charge in [0.2, 0.25) is 0 Å². The summed E-state index contributed by atoms with van der Waals surface area (Å²) in [7, 11) is 0. The number of benzene rings is 2. The topological polar surface area (TPSA) is 57.8 Å². The van der Waals surface area contributed by atoms with Crippen LogP contribution in [-0.2, 0) is 6.54 Å². The molecule has 2 aromatic carbocycles. The number of ketones is 1. The lowest BCUT2D eigenvalue weighted by atomic mass is 9.99. The smallest absolute Gasteiger partial charge is 0.197 e. The molecule has 0 amide bonds. The Kier molecular flexibility index (Phi) is 3.92. The molecule has 1 N–H and O–H groups in total. The molecule has 0 spiro atoms. The van der Waals surface area contributed by atoms with Gasteiger partial charge in [0.1, 0.15) is 17.5 Å². The highest BCUT2D eigenvalue weighted by molar-refractivity contribution is 6.20. The molecule has 0 aliphatic carbocycles. The number of aryl methyl sites for hydroxylation is 2. The van der Waals surface area contributed by atoms with Crippen LogP contribution in [0.5, 0.6) is 0 Å². The maximum absolute atomic E-state index is 14.8. The molecule has 2 heterocycles. The molecule has 7 heteroatoms. The summed E-state index contributed by atoms with van der Waals surface area (Å²) in [5, 5.41) is 11.6. The third-order valence-corrected chi connectivity index (χ3v) is 4.83. The van der Waals surface area contributed by atoms with Crippen molar-refractivity contribution in [2.24, 2.45) is 0 Å². The summed E-state index contributed by atoms with van der Waals surface area (Å²) in [4.78, 5) is 13.1. The number of rotatable bonds is 2. The largest absolute Gasteiger partial charge is 0.371 e. The van der Waals surface area contributed by atoms with Gasteiger partial charge in [0.15, 0.2) is 23.2 Å². The molecule has 1 aliphatic rings. The van der Waals surface area contributed by atoms with Gasteiger partial charge in [-0.2, -0.15) is 5.26 Å². The van der Waals surface area contributed by atoms with Crippen molar-refractivity contribution in [2.75, 3.05) is 11.9 Å². The predicted octanol–water partition coefficient (Wildman–Crippen LogP) is 4.29. The summed E-state index contributed by atoms with van der Waals surface area (Å²) in [6, 6.07) is 8.01. The van der Waals surface area contributed by atoms with Crippen LogP contribution in [-0.4, -0.2) is 16.9 Å². The molecule has 0 unspecified atom stereocenters. The van der Waals surface area contributed by atoms with Crippen LogP contribution in [0.1, 0.15) is 33.5 Å². The van der Waals surface area contributed by atoms with Gasteiger partial charge >= 0.3 is 0 Å². The van der Waals surface area contributed by atoms with Crippen molar-refractivity contribution >= 4 is 22.5 Å². The molecule has 27 heavy (non-hydrogen) atoms. The number of nitrogens with zero attached hydrogens (tertiary/aromatic N) is 2. The molecule has 0 saturated heterocycles. The fraction of sp³-hybridized carbons (Fsp3) is 0.200. The number of carbonyl (C=O) groups excluding carboxylic acids is 1. The standard InChI is InChI=1S/C20H14F3N3O/c1-10-3-5-11(6-4-10)19(27)14-13-17(23)15(21)12(9-24)16(22)18(13)26-8-2-7-25-20(14)26/h3-6,25H,2,7-8H2,1H3. The summed E-state index contributed by atoms with van der Waals surface area (Å²) in [6.45, 7) is 2.70. The van der Waals surface area contributed by atoms with Gasteiger partial charge in [0.05, 0.1) is 16.5 Å². The maximum Gasteiger partial charge on any atom is 0.197 e. The molecule has 1 aromatic heterocycles. The van der Waals surface area contributed by atoms with E-state index in [9.17, 15) is 18.0 Å². The predicted molar refractivity (Wildman–Crippen MR) is 94.2 cm³/mol. The van der Waals surface area contributed by atoms with E-state index in [4.69, 9.17) is 5.26 Å². The van der Waals surface area contributed by atoms with Crippen LogP contribution in [0.2, 0.25) is 0 Å². The Bertz CT molecular complexity index is 1140. The van der Waals surface area contributed by atoms with Crippen LogP contribution < -0.4 is 5.32 Å². The molecule has 0 radical (unpaired) electrons. The normalized spacial score (nSPS) is 13.1. The fourth-order valence-corrected chi connectivity index (χ4v) is 3.51. The van der Waals surface area contributed by atoms with Crippen LogP contribution in [0.3, 0.4) is 0 Å². The summed E-state index contributed by atoms with van der Waals surface area (Å²) < 4.78 is 45.4. The molecular weight excluding hydrogens is 355 g/mol. The quantitative estimate of drug-likeness (QED) is 0.542. The van der Waals surface area contributed by atoms with Crippen molar-refractivity contribution in [3.63, 3.8) is 0 Å². The summed E-state index contributed by atoms with van der Waals surface area (Å²) in [5.74, 6) is -4.41. The molecule has 0 bridgehead atoms. The van der Waals surface area contributed by atoms with E-state index < -0.39 is 34.2 Å². The van der Waals surface area contributed by atoms with Crippen molar-refractivity contribution in [1.82, 2.24) is 4.57 Å². The molecule has 4 nitrogen and oxygen atoms in total. The van der Waals surface area contributed by atoms with E-state index in [2.05, 4.69) is 5.32 Å². The summed E-state index contributed by atoms with van der Waals surface area (Å²) >= 11 is 0. The van der Waals surface area contributed by atoms with Gasteiger partial charge in [0.25, 0.3) is 0 Å². The minimum atomic E-state index is -1.58. The van der Waals surface area contributed by atoms with E-state index in [1.165, 1.54) is 10.6 Å². The van der Waals surface area contributed by atoms with Crippen molar-refractivity contribution in [3.05, 3.63) is 64.0 Å². The Balaban J connectivity index is 2.10. The minimum Gasteiger partial charge on any atom is -0.371 e. The van der Waals surface area contributed by atoms with Crippen molar-refractivity contribution < 1.29 is 18.0 Å².